The molecule has 2 aromatic carbocycles. The van der Waals surface area contributed by atoms with Gasteiger partial charge in [0.25, 0.3) is 5.91 Å². The van der Waals surface area contributed by atoms with Crippen LogP contribution in [-0.4, -0.2) is 21.9 Å². The van der Waals surface area contributed by atoms with E-state index in [1.165, 1.54) is 11.8 Å². The molecule has 0 aliphatic heterocycles. The fourth-order valence-corrected chi connectivity index (χ4v) is 4.05. The Kier molecular flexibility index (Phi) is 7.06. The highest BCUT2D eigenvalue weighted by Gasteiger charge is 2.14. The van der Waals surface area contributed by atoms with Crippen LogP contribution in [0, 0.1) is 13.8 Å². The molecule has 0 fully saturated rings. The van der Waals surface area contributed by atoms with Gasteiger partial charge in [-0.25, -0.2) is 5.43 Å². The summed E-state index contributed by atoms with van der Waals surface area (Å²) in [5, 5.41) is 5.24. The van der Waals surface area contributed by atoms with Crippen molar-refractivity contribution in [2.45, 2.75) is 30.9 Å². The predicted octanol–water partition coefficient (Wildman–Crippen LogP) is 6.03. The SMILES string of the molecule is Cc1cc(/C=N/NC(=O)C(C)Sc2ccc(Cl)cc2)c(C)n1-c1ccc(Cl)cc1. The van der Waals surface area contributed by atoms with Crippen LogP contribution in [0.5, 0.6) is 0 Å². The van der Waals surface area contributed by atoms with E-state index in [9.17, 15) is 4.79 Å². The van der Waals surface area contributed by atoms with E-state index in [2.05, 4.69) is 15.1 Å². The van der Waals surface area contributed by atoms with E-state index < -0.39 is 0 Å². The van der Waals surface area contributed by atoms with Gasteiger partial charge in [-0.05, 0) is 75.4 Å². The predicted molar refractivity (Wildman–Crippen MR) is 123 cm³/mol. The van der Waals surface area contributed by atoms with Crippen LogP contribution in [0.2, 0.25) is 10.0 Å². The second-order valence-electron chi connectivity index (χ2n) is 6.59. The van der Waals surface area contributed by atoms with E-state index in [1.54, 1.807) is 6.21 Å². The smallest absolute Gasteiger partial charge is 0.253 e. The summed E-state index contributed by atoms with van der Waals surface area (Å²) in [6, 6.07) is 17.1. The van der Waals surface area contributed by atoms with Crippen molar-refractivity contribution in [3.8, 4) is 5.69 Å². The van der Waals surface area contributed by atoms with E-state index in [0.29, 0.717) is 10.0 Å². The fourth-order valence-electron chi connectivity index (χ4n) is 2.93. The largest absolute Gasteiger partial charge is 0.318 e. The van der Waals surface area contributed by atoms with E-state index in [4.69, 9.17) is 23.2 Å². The molecule has 1 amide bonds. The molecule has 0 bridgehead atoms. The molecule has 0 spiro atoms. The maximum atomic E-state index is 12.3. The number of aryl methyl sites for hydroxylation is 1. The highest BCUT2D eigenvalue weighted by molar-refractivity contribution is 8.00. The van der Waals surface area contributed by atoms with Crippen LogP contribution >= 0.6 is 35.0 Å². The first-order valence-electron chi connectivity index (χ1n) is 9.05. The van der Waals surface area contributed by atoms with Gasteiger partial charge in [0, 0.05) is 37.6 Å². The Bertz CT molecular complexity index is 1030. The minimum absolute atomic E-state index is 0.160. The van der Waals surface area contributed by atoms with Crippen LogP contribution in [0.25, 0.3) is 5.69 Å². The van der Waals surface area contributed by atoms with Gasteiger partial charge in [-0.3, -0.25) is 4.79 Å². The van der Waals surface area contributed by atoms with Gasteiger partial charge in [-0.15, -0.1) is 11.8 Å². The minimum Gasteiger partial charge on any atom is -0.318 e. The molecular weight excluding hydrogens is 425 g/mol. The highest BCUT2D eigenvalue weighted by Crippen LogP contribution is 2.25. The summed E-state index contributed by atoms with van der Waals surface area (Å²) in [5.74, 6) is -0.160. The third-order valence-electron chi connectivity index (χ3n) is 4.43. The van der Waals surface area contributed by atoms with Crippen molar-refractivity contribution in [2.24, 2.45) is 5.10 Å². The average Bonchev–Trinajstić information content (AvgIpc) is 2.97. The average molecular weight is 446 g/mol. The zero-order chi connectivity index (χ0) is 21.0. The van der Waals surface area contributed by atoms with E-state index in [1.807, 2.05) is 75.4 Å². The van der Waals surface area contributed by atoms with Gasteiger partial charge in [0.1, 0.15) is 0 Å². The minimum atomic E-state index is -0.283. The number of carbonyl (C=O) groups is 1. The molecule has 0 radical (unpaired) electrons. The fraction of sp³-hybridized carbons (Fsp3) is 0.182. The molecule has 0 aliphatic rings. The third-order valence-corrected chi connectivity index (χ3v) is 6.05. The van der Waals surface area contributed by atoms with Gasteiger partial charge in [-0.1, -0.05) is 23.2 Å². The van der Waals surface area contributed by atoms with Crippen molar-refractivity contribution >= 4 is 47.1 Å². The lowest BCUT2D eigenvalue weighted by molar-refractivity contribution is -0.120. The first-order valence-corrected chi connectivity index (χ1v) is 10.7. The molecule has 0 aliphatic carbocycles. The van der Waals surface area contributed by atoms with E-state index in [-0.39, 0.29) is 11.2 Å². The molecule has 1 atom stereocenters. The number of benzene rings is 2. The Morgan fingerprint density at radius 1 is 1.07 bits per heavy atom. The quantitative estimate of drug-likeness (QED) is 0.285. The van der Waals surface area contributed by atoms with Gasteiger partial charge in [0.15, 0.2) is 0 Å². The topological polar surface area (TPSA) is 46.4 Å². The molecule has 1 N–H and O–H groups in total. The summed E-state index contributed by atoms with van der Waals surface area (Å²) >= 11 is 13.3. The summed E-state index contributed by atoms with van der Waals surface area (Å²) in [4.78, 5) is 13.3. The lowest BCUT2D eigenvalue weighted by Crippen LogP contribution is -2.26. The molecule has 1 unspecified atom stereocenters. The summed E-state index contributed by atoms with van der Waals surface area (Å²) < 4.78 is 2.12. The van der Waals surface area contributed by atoms with Crippen molar-refractivity contribution in [3.63, 3.8) is 0 Å². The molecule has 0 saturated carbocycles. The standard InChI is InChI=1S/C22H21Cl2N3OS/c1-14-12-17(15(2)27(14)20-8-4-18(23)5-9-20)13-25-26-22(28)16(3)29-21-10-6-19(24)7-11-21/h4-13,16H,1-3H3,(H,26,28)/b25-13+. The number of aromatic nitrogens is 1. The molecule has 29 heavy (non-hydrogen) atoms. The summed E-state index contributed by atoms with van der Waals surface area (Å²) in [6.07, 6.45) is 1.67. The number of halogens is 2. The van der Waals surface area contributed by atoms with Crippen LogP contribution in [0.4, 0.5) is 0 Å². The summed E-state index contributed by atoms with van der Waals surface area (Å²) in [5.41, 5.74) is 6.70. The number of carbonyl (C=O) groups excluding carboxylic acids is 1. The molecule has 1 heterocycles. The van der Waals surface area contributed by atoms with Gasteiger partial charge >= 0.3 is 0 Å². The summed E-state index contributed by atoms with van der Waals surface area (Å²) in [6.45, 7) is 5.89. The monoisotopic (exact) mass is 445 g/mol. The number of hydrogen-bond donors (Lipinski definition) is 1. The highest BCUT2D eigenvalue weighted by atomic mass is 35.5. The third kappa shape index (κ3) is 5.44. The molecule has 1 aromatic heterocycles. The van der Waals surface area contributed by atoms with Crippen molar-refractivity contribution in [1.29, 1.82) is 0 Å². The molecular formula is C22H21Cl2N3OS. The van der Waals surface area contributed by atoms with Crippen LogP contribution in [0.3, 0.4) is 0 Å². The summed E-state index contributed by atoms with van der Waals surface area (Å²) in [7, 11) is 0. The van der Waals surface area contributed by atoms with Crippen LogP contribution < -0.4 is 5.43 Å². The van der Waals surface area contributed by atoms with Crippen LogP contribution in [0.1, 0.15) is 23.9 Å². The van der Waals surface area contributed by atoms with Crippen molar-refractivity contribution in [2.75, 3.05) is 0 Å². The lowest BCUT2D eigenvalue weighted by atomic mass is 10.2. The van der Waals surface area contributed by atoms with Crippen molar-refractivity contribution in [3.05, 3.63) is 81.6 Å². The normalized spacial score (nSPS) is 12.3. The Labute approximate surface area is 184 Å². The number of amides is 1. The Morgan fingerprint density at radius 3 is 2.28 bits per heavy atom. The van der Waals surface area contributed by atoms with Crippen LogP contribution in [0.15, 0.2) is 64.6 Å². The Hall–Kier alpha value is -2.21. The number of thioether (sulfide) groups is 1. The molecule has 0 saturated heterocycles. The second kappa shape index (κ2) is 9.53. The van der Waals surface area contributed by atoms with E-state index >= 15 is 0 Å². The first kappa shape index (κ1) is 21.5. The second-order valence-corrected chi connectivity index (χ2v) is 8.87. The number of rotatable bonds is 6. The van der Waals surface area contributed by atoms with Gasteiger partial charge in [-0.2, -0.15) is 5.10 Å². The maximum absolute atomic E-state index is 12.3. The molecule has 4 nitrogen and oxygen atoms in total. The molecule has 7 heteroatoms. The Balaban J connectivity index is 1.65. The number of hydrazone groups is 1. The van der Waals surface area contributed by atoms with Crippen LogP contribution in [-0.2, 0) is 4.79 Å². The van der Waals surface area contributed by atoms with Crippen molar-refractivity contribution in [1.82, 2.24) is 9.99 Å². The van der Waals surface area contributed by atoms with Gasteiger partial charge in [0.2, 0.25) is 0 Å². The first-order chi connectivity index (χ1) is 13.8. The molecule has 3 rings (SSSR count). The number of nitrogens with one attached hydrogen (secondary N) is 1. The lowest BCUT2D eigenvalue weighted by Gasteiger charge is -2.10. The molecule has 150 valence electrons. The van der Waals surface area contributed by atoms with Gasteiger partial charge < -0.3 is 4.57 Å². The molecule has 3 aromatic rings. The zero-order valence-corrected chi connectivity index (χ0v) is 18.6. The van der Waals surface area contributed by atoms with Gasteiger partial charge in [0.05, 0.1) is 11.5 Å². The van der Waals surface area contributed by atoms with E-state index in [0.717, 1.165) is 27.5 Å². The number of nitrogens with zero attached hydrogens (tertiary/aromatic N) is 2. The zero-order valence-electron chi connectivity index (χ0n) is 16.3. The number of hydrogen-bond acceptors (Lipinski definition) is 3. The maximum Gasteiger partial charge on any atom is 0.253 e. The Morgan fingerprint density at radius 2 is 1.66 bits per heavy atom. The van der Waals surface area contributed by atoms with Crippen molar-refractivity contribution < 1.29 is 4.79 Å².